The van der Waals surface area contributed by atoms with Gasteiger partial charge in [0, 0.05) is 17.0 Å². The number of benzene rings is 1. The molecule has 0 aliphatic carbocycles. The van der Waals surface area contributed by atoms with Crippen LogP contribution in [-0.2, 0) is 9.47 Å². The number of hydrogen-bond donors (Lipinski definition) is 1. The average molecular weight is 434 g/mol. The number of carbonyl (C=O) groups excluding carboxylic acids is 2. The van der Waals surface area contributed by atoms with Crippen LogP contribution in [0.3, 0.4) is 0 Å². The second-order valence-corrected chi connectivity index (χ2v) is 7.20. The molecule has 164 valence electrons. The van der Waals surface area contributed by atoms with Crippen LogP contribution in [0.15, 0.2) is 39.5 Å². The molecular formula is C24H22N2O6. The minimum absolute atomic E-state index is 0.0582. The van der Waals surface area contributed by atoms with E-state index in [0.717, 1.165) is 5.52 Å². The Morgan fingerprint density at radius 3 is 2.19 bits per heavy atom. The fraction of sp³-hybridized carbons (Fsp3) is 0.250. The normalized spacial score (nSPS) is 11.1. The smallest absolute Gasteiger partial charge is 0.340 e. The SMILES string of the molecule is CCOC(=O)c1c(C)nc(C)c(C(=O)OCC)c1-c1cc(=O)c2[nH]c3ccccc3c2o1. The Bertz CT molecular complexity index is 1390. The zero-order chi connectivity index (χ0) is 23.0. The van der Waals surface area contributed by atoms with Gasteiger partial charge in [-0.15, -0.1) is 0 Å². The molecule has 0 atom stereocenters. The number of hydrogen-bond acceptors (Lipinski definition) is 7. The van der Waals surface area contributed by atoms with Crippen LogP contribution < -0.4 is 5.43 Å². The van der Waals surface area contributed by atoms with Crippen molar-refractivity contribution >= 4 is 33.9 Å². The second-order valence-electron chi connectivity index (χ2n) is 7.20. The number of fused-ring (bicyclic) bond motifs is 3. The summed E-state index contributed by atoms with van der Waals surface area (Å²) in [6, 6.07) is 8.59. The molecule has 3 aromatic heterocycles. The molecule has 0 fully saturated rings. The highest BCUT2D eigenvalue weighted by atomic mass is 16.5. The number of aromatic amines is 1. The molecule has 3 heterocycles. The Kier molecular flexibility index (Phi) is 5.52. The van der Waals surface area contributed by atoms with E-state index >= 15 is 0 Å². The number of aromatic nitrogens is 2. The zero-order valence-electron chi connectivity index (χ0n) is 18.2. The van der Waals surface area contributed by atoms with Crippen molar-refractivity contribution in [3.63, 3.8) is 0 Å². The quantitative estimate of drug-likeness (QED) is 0.466. The molecule has 0 aliphatic rings. The van der Waals surface area contributed by atoms with Crippen molar-refractivity contribution in [2.24, 2.45) is 0 Å². The third kappa shape index (κ3) is 3.43. The van der Waals surface area contributed by atoms with Crippen LogP contribution >= 0.6 is 0 Å². The van der Waals surface area contributed by atoms with Crippen LogP contribution in [0.1, 0.15) is 46.0 Å². The molecule has 0 spiro atoms. The molecule has 0 bridgehead atoms. The molecule has 0 saturated carbocycles. The lowest BCUT2D eigenvalue weighted by Gasteiger charge is -2.16. The summed E-state index contributed by atoms with van der Waals surface area (Å²) in [4.78, 5) is 46.2. The van der Waals surface area contributed by atoms with Gasteiger partial charge in [0.2, 0.25) is 5.43 Å². The van der Waals surface area contributed by atoms with Gasteiger partial charge in [-0.05, 0) is 39.8 Å². The molecule has 0 saturated heterocycles. The van der Waals surface area contributed by atoms with Crippen LogP contribution in [0.2, 0.25) is 0 Å². The monoisotopic (exact) mass is 434 g/mol. The largest absolute Gasteiger partial charge is 0.462 e. The van der Waals surface area contributed by atoms with E-state index in [9.17, 15) is 14.4 Å². The lowest BCUT2D eigenvalue weighted by atomic mass is 9.96. The van der Waals surface area contributed by atoms with Crippen LogP contribution in [0.5, 0.6) is 0 Å². The number of ether oxygens (including phenoxy) is 2. The number of pyridine rings is 1. The number of carbonyl (C=O) groups is 2. The van der Waals surface area contributed by atoms with Crippen molar-refractivity contribution < 1.29 is 23.5 Å². The molecule has 32 heavy (non-hydrogen) atoms. The van der Waals surface area contributed by atoms with E-state index in [4.69, 9.17) is 13.9 Å². The maximum Gasteiger partial charge on any atom is 0.340 e. The van der Waals surface area contributed by atoms with Gasteiger partial charge in [-0.1, -0.05) is 12.1 Å². The number of H-pyrrole nitrogens is 1. The fourth-order valence-electron chi connectivity index (χ4n) is 3.85. The molecule has 0 unspecified atom stereocenters. The van der Waals surface area contributed by atoms with E-state index in [1.54, 1.807) is 27.7 Å². The number of rotatable bonds is 5. The molecule has 4 aromatic rings. The summed E-state index contributed by atoms with van der Waals surface area (Å²) in [5.74, 6) is -1.27. The van der Waals surface area contributed by atoms with Gasteiger partial charge >= 0.3 is 11.9 Å². The summed E-state index contributed by atoms with van der Waals surface area (Å²) in [5, 5.41) is 0.708. The first-order valence-electron chi connectivity index (χ1n) is 10.3. The van der Waals surface area contributed by atoms with Crippen molar-refractivity contribution in [3.05, 3.63) is 63.1 Å². The van der Waals surface area contributed by atoms with Crippen LogP contribution in [0, 0.1) is 13.8 Å². The lowest BCUT2D eigenvalue weighted by molar-refractivity contribution is 0.0524. The molecule has 8 heteroatoms. The Morgan fingerprint density at radius 2 is 1.59 bits per heavy atom. The summed E-state index contributed by atoms with van der Waals surface area (Å²) in [5.41, 5.74) is 1.99. The second kappa shape index (κ2) is 8.30. The third-order valence-corrected chi connectivity index (χ3v) is 5.14. The topological polar surface area (TPSA) is 111 Å². The zero-order valence-corrected chi connectivity index (χ0v) is 18.2. The van der Waals surface area contributed by atoms with Gasteiger partial charge in [0.05, 0.1) is 41.3 Å². The van der Waals surface area contributed by atoms with E-state index in [1.807, 2.05) is 24.3 Å². The Labute approximate surface area is 183 Å². The standard InChI is InChI=1S/C24H22N2O6/c1-5-30-23(28)18-12(3)25-13(4)19(24(29)31-6-2)20(18)17-11-16(27)21-22(32-17)14-9-7-8-10-15(14)26-21/h7-11,26H,5-6H2,1-4H3. The van der Waals surface area contributed by atoms with Crippen molar-refractivity contribution in [2.45, 2.75) is 27.7 Å². The van der Waals surface area contributed by atoms with Crippen LogP contribution in [0.25, 0.3) is 33.3 Å². The Balaban J connectivity index is 2.12. The lowest BCUT2D eigenvalue weighted by Crippen LogP contribution is -2.18. The van der Waals surface area contributed by atoms with Crippen LogP contribution in [-0.4, -0.2) is 35.1 Å². The summed E-state index contributed by atoms with van der Waals surface area (Å²) in [7, 11) is 0. The molecule has 0 amide bonds. The maximum atomic E-state index is 13.0. The fourth-order valence-corrected chi connectivity index (χ4v) is 3.85. The predicted octanol–water partition coefficient (Wildman–Crippen LogP) is 4.31. The number of para-hydroxylation sites is 1. The van der Waals surface area contributed by atoms with Crippen molar-refractivity contribution in [2.75, 3.05) is 13.2 Å². The van der Waals surface area contributed by atoms with E-state index in [-0.39, 0.29) is 41.1 Å². The third-order valence-electron chi connectivity index (χ3n) is 5.14. The number of nitrogens with one attached hydrogen (secondary N) is 1. The van der Waals surface area contributed by atoms with Gasteiger partial charge in [0.15, 0.2) is 5.58 Å². The predicted molar refractivity (Wildman–Crippen MR) is 119 cm³/mol. The van der Waals surface area contributed by atoms with Gasteiger partial charge in [0.1, 0.15) is 11.3 Å². The van der Waals surface area contributed by atoms with Crippen LogP contribution in [0.4, 0.5) is 0 Å². The van der Waals surface area contributed by atoms with Gasteiger partial charge < -0.3 is 18.9 Å². The summed E-state index contributed by atoms with van der Waals surface area (Å²) >= 11 is 0. The molecule has 0 radical (unpaired) electrons. The molecule has 1 aromatic carbocycles. The maximum absolute atomic E-state index is 13.0. The van der Waals surface area contributed by atoms with Gasteiger partial charge in [0.25, 0.3) is 0 Å². The molecule has 0 aliphatic heterocycles. The number of aryl methyl sites for hydroxylation is 2. The summed E-state index contributed by atoms with van der Waals surface area (Å²) in [6.45, 7) is 6.90. The first-order valence-corrected chi connectivity index (χ1v) is 10.3. The summed E-state index contributed by atoms with van der Waals surface area (Å²) in [6.07, 6.45) is 0. The van der Waals surface area contributed by atoms with E-state index in [1.165, 1.54) is 6.07 Å². The van der Waals surface area contributed by atoms with Gasteiger partial charge in [-0.3, -0.25) is 9.78 Å². The first-order chi connectivity index (χ1) is 15.4. The first kappa shape index (κ1) is 21.3. The van der Waals surface area contributed by atoms with E-state index in [2.05, 4.69) is 9.97 Å². The minimum Gasteiger partial charge on any atom is -0.462 e. The van der Waals surface area contributed by atoms with Crippen molar-refractivity contribution in [1.29, 1.82) is 0 Å². The van der Waals surface area contributed by atoms with E-state index < -0.39 is 11.9 Å². The van der Waals surface area contributed by atoms with E-state index in [0.29, 0.717) is 27.9 Å². The Morgan fingerprint density at radius 1 is 1.00 bits per heavy atom. The molecule has 4 rings (SSSR count). The van der Waals surface area contributed by atoms with Crippen molar-refractivity contribution in [1.82, 2.24) is 9.97 Å². The van der Waals surface area contributed by atoms with Gasteiger partial charge in [-0.2, -0.15) is 0 Å². The highest BCUT2D eigenvalue weighted by molar-refractivity contribution is 6.08. The molecule has 1 N–H and O–H groups in total. The van der Waals surface area contributed by atoms with Gasteiger partial charge in [-0.25, -0.2) is 9.59 Å². The summed E-state index contributed by atoms with van der Waals surface area (Å²) < 4.78 is 16.6. The highest BCUT2D eigenvalue weighted by Crippen LogP contribution is 2.35. The minimum atomic E-state index is -0.667. The highest BCUT2D eigenvalue weighted by Gasteiger charge is 2.30. The molecular weight excluding hydrogens is 412 g/mol. The average Bonchev–Trinajstić information content (AvgIpc) is 3.13. The van der Waals surface area contributed by atoms with Crippen molar-refractivity contribution in [3.8, 4) is 11.3 Å². The number of esters is 2. The number of nitrogens with zero attached hydrogens (tertiary/aromatic N) is 1. The molecule has 8 nitrogen and oxygen atoms in total. The Hall–Kier alpha value is -3.94.